The highest BCUT2D eigenvalue weighted by Gasteiger charge is 2.21. The minimum Gasteiger partial charge on any atom is -0.397 e. The first-order valence-corrected chi connectivity index (χ1v) is 6.88. The predicted octanol–water partition coefficient (Wildman–Crippen LogP) is 1.91. The van der Waals surface area contributed by atoms with E-state index in [-0.39, 0.29) is 11.4 Å². The Hall–Kier alpha value is -2.15. The van der Waals surface area contributed by atoms with E-state index in [0.717, 1.165) is 11.6 Å². The van der Waals surface area contributed by atoms with E-state index in [1.165, 1.54) is 12.3 Å². The summed E-state index contributed by atoms with van der Waals surface area (Å²) < 4.78 is 39.7. The van der Waals surface area contributed by atoms with Crippen LogP contribution < -0.4 is 10.5 Å². The molecule has 7 heteroatoms. The van der Waals surface area contributed by atoms with Gasteiger partial charge in [0.05, 0.1) is 11.4 Å². The summed E-state index contributed by atoms with van der Waals surface area (Å²) >= 11 is 0. The largest absolute Gasteiger partial charge is 0.397 e. The lowest BCUT2D eigenvalue weighted by molar-refractivity contribution is 0.557. The summed E-state index contributed by atoms with van der Waals surface area (Å²) in [7, 11) is -4.10. The van der Waals surface area contributed by atoms with E-state index in [9.17, 15) is 12.8 Å². The number of sulfonamides is 1. The molecule has 100 valence electrons. The van der Waals surface area contributed by atoms with Crippen LogP contribution >= 0.6 is 0 Å². The first-order valence-electron chi connectivity index (χ1n) is 5.39. The fraction of sp³-hybridized carbons (Fsp3) is 0.0833. The third-order valence-corrected chi connectivity index (χ3v) is 3.73. The standard InChI is InChI=1S/C12H12FN3O2S/c1-8-4-5-10(14)11(7-8)16-19(17,18)12-9(13)3-2-6-15-12/h2-7,16H,14H2,1H3. The Bertz CT molecular complexity index is 717. The van der Waals surface area contributed by atoms with Crippen molar-refractivity contribution in [2.24, 2.45) is 0 Å². The maximum atomic E-state index is 13.5. The van der Waals surface area contributed by atoms with Gasteiger partial charge in [-0.05, 0) is 36.8 Å². The first-order chi connectivity index (χ1) is 8.90. The molecule has 3 N–H and O–H groups in total. The maximum Gasteiger partial charge on any atom is 0.282 e. The third-order valence-electron chi connectivity index (χ3n) is 2.43. The van der Waals surface area contributed by atoms with Gasteiger partial charge in [0, 0.05) is 6.20 Å². The number of halogens is 1. The minimum atomic E-state index is -4.10. The zero-order valence-corrected chi connectivity index (χ0v) is 10.9. The molecule has 0 spiro atoms. The molecule has 5 nitrogen and oxygen atoms in total. The van der Waals surface area contributed by atoms with Crippen LogP contribution in [0.15, 0.2) is 41.6 Å². The highest BCUT2D eigenvalue weighted by Crippen LogP contribution is 2.23. The SMILES string of the molecule is Cc1ccc(N)c(NS(=O)(=O)c2ncccc2F)c1. The van der Waals surface area contributed by atoms with E-state index >= 15 is 0 Å². The van der Waals surface area contributed by atoms with Crippen LogP contribution in [0, 0.1) is 12.7 Å². The van der Waals surface area contributed by atoms with Crippen LogP contribution in [-0.2, 0) is 10.0 Å². The molecule has 2 aromatic rings. The molecule has 0 fully saturated rings. The Morgan fingerprint density at radius 2 is 2.05 bits per heavy atom. The van der Waals surface area contributed by atoms with Crippen molar-refractivity contribution in [3.63, 3.8) is 0 Å². The predicted molar refractivity (Wildman–Crippen MR) is 70.6 cm³/mol. The van der Waals surface area contributed by atoms with Gasteiger partial charge in [-0.1, -0.05) is 6.07 Å². The fourth-order valence-corrected chi connectivity index (χ4v) is 2.61. The highest BCUT2D eigenvalue weighted by atomic mass is 32.2. The van der Waals surface area contributed by atoms with Gasteiger partial charge in [-0.15, -0.1) is 0 Å². The number of nitrogen functional groups attached to an aromatic ring is 1. The van der Waals surface area contributed by atoms with Crippen LogP contribution in [0.5, 0.6) is 0 Å². The van der Waals surface area contributed by atoms with Gasteiger partial charge in [-0.25, -0.2) is 9.37 Å². The topological polar surface area (TPSA) is 85.1 Å². The van der Waals surface area contributed by atoms with Gasteiger partial charge in [0.15, 0.2) is 5.82 Å². The second-order valence-electron chi connectivity index (χ2n) is 3.99. The average Bonchev–Trinajstić information content (AvgIpc) is 2.34. The summed E-state index contributed by atoms with van der Waals surface area (Å²) in [6.07, 6.45) is 1.21. The number of anilines is 2. The van der Waals surface area contributed by atoms with Gasteiger partial charge in [0.2, 0.25) is 5.03 Å². The van der Waals surface area contributed by atoms with E-state index in [0.29, 0.717) is 0 Å². The lowest BCUT2D eigenvalue weighted by Gasteiger charge is -2.10. The molecule has 0 radical (unpaired) electrons. The molecule has 1 heterocycles. The van der Waals surface area contributed by atoms with Crippen LogP contribution in [0.3, 0.4) is 0 Å². The number of hydrogen-bond acceptors (Lipinski definition) is 4. The van der Waals surface area contributed by atoms with Gasteiger partial charge in [-0.3, -0.25) is 4.72 Å². The highest BCUT2D eigenvalue weighted by molar-refractivity contribution is 7.92. The molecule has 0 unspecified atom stereocenters. The number of pyridine rings is 1. The summed E-state index contributed by atoms with van der Waals surface area (Å²) in [4.78, 5) is 3.53. The molecular weight excluding hydrogens is 269 g/mol. The molecule has 0 aliphatic heterocycles. The molecule has 1 aromatic heterocycles. The fourth-order valence-electron chi connectivity index (χ4n) is 1.52. The van der Waals surface area contributed by atoms with Crippen molar-refractivity contribution in [3.8, 4) is 0 Å². The van der Waals surface area contributed by atoms with Crippen molar-refractivity contribution in [1.82, 2.24) is 4.98 Å². The van der Waals surface area contributed by atoms with Crippen molar-refractivity contribution in [1.29, 1.82) is 0 Å². The first kappa shape index (κ1) is 13.3. The molecule has 19 heavy (non-hydrogen) atoms. The summed E-state index contributed by atoms with van der Waals surface area (Å²) in [5.41, 5.74) is 6.95. The third kappa shape index (κ3) is 2.82. The lowest BCUT2D eigenvalue weighted by Crippen LogP contribution is -2.17. The second kappa shape index (κ2) is 4.85. The van der Waals surface area contributed by atoms with Crippen molar-refractivity contribution < 1.29 is 12.8 Å². The molecule has 2 rings (SSSR count). The Morgan fingerprint density at radius 3 is 2.74 bits per heavy atom. The number of nitrogens with zero attached hydrogens (tertiary/aromatic N) is 1. The number of nitrogens with one attached hydrogen (secondary N) is 1. The number of nitrogens with two attached hydrogens (primary N) is 1. The Kier molecular flexibility index (Phi) is 3.39. The molecule has 1 aromatic carbocycles. The van der Waals surface area contributed by atoms with Crippen molar-refractivity contribution in [3.05, 3.63) is 47.9 Å². The van der Waals surface area contributed by atoms with E-state index < -0.39 is 20.9 Å². The quantitative estimate of drug-likeness (QED) is 0.842. The summed E-state index contributed by atoms with van der Waals surface area (Å²) in [6, 6.07) is 7.22. The van der Waals surface area contributed by atoms with Gasteiger partial charge in [-0.2, -0.15) is 8.42 Å². The van der Waals surface area contributed by atoms with Gasteiger partial charge >= 0.3 is 0 Å². The minimum absolute atomic E-state index is 0.199. The lowest BCUT2D eigenvalue weighted by atomic mass is 10.2. The molecule has 0 aliphatic carbocycles. The van der Waals surface area contributed by atoms with Gasteiger partial charge in [0.1, 0.15) is 0 Å². The van der Waals surface area contributed by atoms with Crippen molar-refractivity contribution in [2.45, 2.75) is 11.9 Å². The van der Waals surface area contributed by atoms with E-state index in [1.807, 2.05) is 0 Å². The van der Waals surface area contributed by atoms with Crippen molar-refractivity contribution >= 4 is 21.4 Å². The zero-order chi connectivity index (χ0) is 14.0. The average molecular weight is 281 g/mol. The van der Waals surface area contributed by atoms with E-state index in [2.05, 4.69) is 9.71 Å². The van der Waals surface area contributed by atoms with Crippen LogP contribution in [-0.4, -0.2) is 13.4 Å². The molecule has 0 bridgehead atoms. The Labute approximate surface area is 110 Å². The summed E-state index contributed by atoms with van der Waals surface area (Å²) in [5.74, 6) is -0.916. The smallest absolute Gasteiger partial charge is 0.282 e. The van der Waals surface area contributed by atoms with E-state index in [4.69, 9.17) is 5.73 Å². The maximum absolute atomic E-state index is 13.5. The number of hydrogen-bond donors (Lipinski definition) is 2. The van der Waals surface area contributed by atoms with Crippen molar-refractivity contribution in [2.75, 3.05) is 10.5 Å². The summed E-state index contributed by atoms with van der Waals surface area (Å²) in [5, 5.41) is -0.657. The molecule has 0 saturated heterocycles. The Balaban J connectivity index is 2.43. The monoisotopic (exact) mass is 281 g/mol. The van der Waals surface area contributed by atoms with Crippen LogP contribution in [0.25, 0.3) is 0 Å². The molecule has 0 saturated carbocycles. The number of benzene rings is 1. The van der Waals surface area contributed by atoms with E-state index in [1.54, 1.807) is 25.1 Å². The van der Waals surface area contributed by atoms with Crippen LogP contribution in [0.4, 0.5) is 15.8 Å². The zero-order valence-electron chi connectivity index (χ0n) is 10.1. The van der Waals surface area contributed by atoms with Crippen LogP contribution in [0.1, 0.15) is 5.56 Å². The molecule has 0 atom stereocenters. The molecule has 0 amide bonds. The van der Waals surface area contributed by atoms with Gasteiger partial charge < -0.3 is 5.73 Å². The Morgan fingerprint density at radius 1 is 1.32 bits per heavy atom. The number of rotatable bonds is 3. The normalized spacial score (nSPS) is 11.3. The van der Waals surface area contributed by atoms with Crippen LogP contribution in [0.2, 0.25) is 0 Å². The number of aryl methyl sites for hydroxylation is 1. The number of aromatic nitrogens is 1. The molecular formula is C12H12FN3O2S. The summed E-state index contributed by atoms with van der Waals surface area (Å²) in [6.45, 7) is 1.79. The second-order valence-corrected chi connectivity index (χ2v) is 5.58. The van der Waals surface area contributed by atoms with Gasteiger partial charge in [0.25, 0.3) is 10.0 Å². The molecule has 0 aliphatic rings.